The standard InChI is InChI=1S/C12H13BrO3S/c13-8-5-10-12(16-3-2-15-10)11-7(8)6-17-4-1-9(11)14/h5,9,14H,1-4,6H2/t9-/m0/s1. The molecule has 0 unspecified atom stereocenters. The quantitative estimate of drug-likeness (QED) is 0.798. The van der Waals surface area contributed by atoms with E-state index in [9.17, 15) is 5.11 Å². The second-order valence-corrected chi connectivity index (χ2v) is 6.09. The van der Waals surface area contributed by atoms with Gasteiger partial charge in [0.05, 0.1) is 6.10 Å². The van der Waals surface area contributed by atoms with Gasteiger partial charge in [0.2, 0.25) is 0 Å². The summed E-state index contributed by atoms with van der Waals surface area (Å²) >= 11 is 5.40. The van der Waals surface area contributed by atoms with Gasteiger partial charge < -0.3 is 14.6 Å². The Morgan fingerprint density at radius 1 is 1.35 bits per heavy atom. The third kappa shape index (κ3) is 2.04. The molecule has 5 heteroatoms. The van der Waals surface area contributed by atoms with Crippen molar-refractivity contribution in [3.63, 3.8) is 0 Å². The van der Waals surface area contributed by atoms with E-state index in [2.05, 4.69) is 15.9 Å². The number of fused-ring (bicyclic) bond motifs is 3. The Morgan fingerprint density at radius 3 is 3.06 bits per heavy atom. The van der Waals surface area contributed by atoms with Crippen molar-refractivity contribution in [2.75, 3.05) is 19.0 Å². The van der Waals surface area contributed by atoms with Gasteiger partial charge in [-0.3, -0.25) is 0 Å². The molecule has 0 saturated carbocycles. The van der Waals surface area contributed by atoms with E-state index in [-0.39, 0.29) is 0 Å². The predicted octanol–water partition coefficient (Wildman–Crippen LogP) is 2.89. The number of aliphatic hydroxyl groups is 1. The second kappa shape index (κ2) is 4.71. The number of hydrogen-bond acceptors (Lipinski definition) is 4. The summed E-state index contributed by atoms with van der Waals surface area (Å²) in [5.41, 5.74) is 2.06. The van der Waals surface area contributed by atoms with Crippen molar-refractivity contribution in [2.45, 2.75) is 18.3 Å². The topological polar surface area (TPSA) is 38.7 Å². The van der Waals surface area contributed by atoms with Crippen molar-refractivity contribution >= 4 is 27.7 Å². The second-order valence-electron chi connectivity index (χ2n) is 4.13. The fourth-order valence-corrected chi connectivity index (χ4v) is 4.03. The van der Waals surface area contributed by atoms with E-state index in [1.807, 2.05) is 17.8 Å². The Hall–Kier alpha value is -0.390. The Morgan fingerprint density at radius 2 is 2.18 bits per heavy atom. The summed E-state index contributed by atoms with van der Waals surface area (Å²) in [7, 11) is 0. The lowest BCUT2D eigenvalue weighted by Gasteiger charge is -2.25. The maximum absolute atomic E-state index is 10.3. The van der Waals surface area contributed by atoms with Gasteiger partial charge in [-0.2, -0.15) is 11.8 Å². The van der Waals surface area contributed by atoms with E-state index in [0.29, 0.717) is 13.2 Å². The van der Waals surface area contributed by atoms with Crippen molar-refractivity contribution in [1.82, 2.24) is 0 Å². The fraction of sp³-hybridized carbons (Fsp3) is 0.500. The zero-order chi connectivity index (χ0) is 11.8. The zero-order valence-electron chi connectivity index (χ0n) is 9.24. The van der Waals surface area contributed by atoms with Crippen molar-refractivity contribution in [3.05, 3.63) is 21.7 Å². The highest BCUT2D eigenvalue weighted by Gasteiger charge is 2.28. The molecule has 3 rings (SSSR count). The van der Waals surface area contributed by atoms with Crippen molar-refractivity contribution in [3.8, 4) is 11.5 Å². The smallest absolute Gasteiger partial charge is 0.167 e. The monoisotopic (exact) mass is 316 g/mol. The molecule has 0 aromatic heterocycles. The lowest BCUT2D eigenvalue weighted by Crippen LogP contribution is -2.18. The molecule has 1 N–H and O–H groups in total. The minimum absolute atomic E-state index is 0.451. The molecule has 1 aromatic rings. The first kappa shape index (κ1) is 11.7. The number of hydrogen-bond donors (Lipinski definition) is 1. The minimum Gasteiger partial charge on any atom is -0.486 e. The maximum Gasteiger partial charge on any atom is 0.167 e. The molecule has 0 bridgehead atoms. The van der Waals surface area contributed by atoms with E-state index >= 15 is 0 Å². The molecule has 1 atom stereocenters. The van der Waals surface area contributed by atoms with Crippen LogP contribution in [0.3, 0.4) is 0 Å². The summed E-state index contributed by atoms with van der Waals surface area (Å²) in [6.45, 7) is 1.13. The van der Waals surface area contributed by atoms with Gasteiger partial charge in [-0.1, -0.05) is 15.9 Å². The number of ether oxygens (including phenoxy) is 2. The van der Waals surface area contributed by atoms with Gasteiger partial charge in [0.15, 0.2) is 11.5 Å². The maximum atomic E-state index is 10.3. The van der Waals surface area contributed by atoms with Crippen molar-refractivity contribution in [1.29, 1.82) is 0 Å². The van der Waals surface area contributed by atoms with Gasteiger partial charge >= 0.3 is 0 Å². The normalized spacial score (nSPS) is 22.8. The minimum atomic E-state index is -0.451. The van der Waals surface area contributed by atoms with Crippen LogP contribution in [0.2, 0.25) is 0 Å². The molecule has 0 aliphatic carbocycles. The summed E-state index contributed by atoms with van der Waals surface area (Å²) in [6, 6.07) is 1.95. The lowest BCUT2D eigenvalue weighted by molar-refractivity contribution is 0.144. The first-order chi connectivity index (χ1) is 8.27. The number of thioether (sulfide) groups is 1. The Labute approximate surface area is 113 Å². The average molecular weight is 317 g/mol. The Bertz CT molecular complexity index is 450. The van der Waals surface area contributed by atoms with Crippen molar-refractivity contribution in [2.24, 2.45) is 0 Å². The summed E-state index contributed by atoms with van der Waals surface area (Å²) in [5, 5.41) is 10.3. The molecule has 0 spiro atoms. The molecule has 1 aromatic carbocycles. The first-order valence-electron chi connectivity index (χ1n) is 5.64. The molecule has 2 aliphatic rings. The van der Waals surface area contributed by atoms with E-state index in [1.54, 1.807) is 0 Å². The van der Waals surface area contributed by atoms with Crippen LogP contribution in [0.15, 0.2) is 10.5 Å². The van der Waals surface area contributed by atoms with Crippen LogP contribution in [0.25, 0.3) is 0 Å². The largest absolute Gasteiger partial charge is 0.486 e. The zero-order valence-corrected chi connectivity index (χ0v) is 11.6. The number of benzene rings is 1. The van der Waals surface area contributed by atoms with Crippen LogP contribution in [0.5, 0.6) is 11.5 Å². The molecule has 0 amide bonds. The van der Waals surface area contributed by atoms with Crippen LogP contribution < -0.4 is 9.47 Å². The molecule has 0 radical (unpaired) electrons. The summed E-state index contributed by atoms with van der Waals surface area (Å²) < 4.78 is 12.3. The summed E-state index contributed by atoms with van der Waals surface area (Å²) in [4.78, 5) is 0. The van der Waals surface area contributed by atoms with Crippen LogP contribution in [-0.4, -0.2) is 24.1 Å². The Kier molecular flexibility index (Phi) is 3.23. The highest BCUT2D eigenvalue weighted by Crippen LogP contribution is 2.46. The van der Waals surface area contributed by atoms with E-state index < -0.39 is 6.10 Å². The first-order valence-corrected chi connectivity index (χ1v) is 7.59. The highest BCUT2D eigenvalue weighted by molar-refractivity contribution is 9.10. The van der Waals surface area contributed by atoms with Gasteiger partial charge in [0.1, 0.15) is 13.2 Å². The SMILES string of the molecule is O[C@H]1CCSCc2c(Br)cc3c(c21)OCCO3. The van der Waals surface area contributed by atoms with E-state index in [1.165, 1.54) is 0 Å². The van der Waals surface area contributed by atoms with Crippen LogP contribution in [0.4, 0.5) is 0 Å². The van der Waals surface area contributed by atoms with E-state index in [0.717, 1.165) is 45.0 Å². The number of aliphatic hydroxyl groups excluding tert-OH is 1. The molecule has 0 fully saturated rings. The summed E-state index contributed by atoms with van der Waals surface area (Å²) in [5.74, 6) is 3.36. The molecule has 2 aliphatic heterocycles. The molecular formula is C12H13BrO3S. The van der Waals surface area contributed by atoms with Gasteiger partial charge in [-0.05, 0) is 23.8 Å². The van der Waals surface area contributed by atoms with E-state index in [4.69, 9.17) is 9.47 Å². The van der Waals surface area contributed by atoms with Crippen LogP contribution in [0.1, 0.15) is 23.7 Å². The van der Waals surface area contributed by atoms with Gasteiger partial charge in [-0.25, -0.2) is 0 Å². The third-order valence-electron chi connectivity index (χ3n) is 3.04. The molecular weight excluding hydrogens is 304 g/mol. The van der Waals surface area contributed by atoms with Crippen molar-refractivity contribution < 1.29 is 14.6 Å². The highest BCUT2D eigenvalue weighted by atomic mass is 79.9. The molecule has 2 heterocycles. The molecule has 0 saturated heterocycles. The number of rotatable bonds is 0. The number of halogens is 1. The van der Waals surface area contributed by atoms with Crippen LogP contribution >= 0.6 is 27.7 Å². The lowest BCUT2D eigenvalue weighted by atomic mass is 9.99. The molecule has 17 heavy (non-hydrogen) atoms. The molecule has 92 valence electrons. The molecule has 3 nitrogen and oxygen atoms in total. The summed E-state index contributed by atoms with van der Waals surface area (Å²) in [6.07, 6.45) is 0.317. The van der Waals surface area contributed by atoms with Gasteiger partial charge in [0.25, 0.3) is 0 Å². The van der Waals surface area contributed by atoms with Gasteiger partial charge in [-0.15, -0.1) is 0 Å². The average Bonchev–Trinajstić information content (AvgIpc) is 2.52. The van der Waals surface area contributed by atoms with Crippen LogP contribution in [0, 0.1) is 0 Å². The third-order valence-corrected chi connectivity index (χ3v) is 4.77. The fourth-order valence-electron chi connectivity index (χ4n) is 2.23. The Balaban J connectivity index is 2.19. The predicted molar refractivity (Wildman–Crippen MR) is 70.9 cm³/mol. The van der Waals surface area contributed by atoms with Crippen LogP contribution in [-0.2, 0) is 5.75 Å². The van der Waals surface area contributed by atoms with Gasteiger partial charge in [0, 0.05) is 15.8 Å².